The highest BCUT2D eigenvalue weighted by Crippen LogP contribution is 2.27. The van der Waals surface area contributed by atoms with E-state index in [2.05, 4.69) is 6.92 Å². The van der Waals surface area contributed by atoms with E-state index in [9.17, 15) is 4.39 Å². The first-order valence-electron chi connectivity index (χ1n) is 4.73. The largest absolute Gasteiger partial charge is 0.330 e. The third-order valence-corrected chi connectivity index (χ3v) is 2.68. The average Bonchev–Trinajstić information content (AvgIpc) is 2.17. The van der Waals surface area contributed by atoms with E-state index in [1.54, 1.807) is 12.1 Å². The van der Waals surface area contributed by atoms with Crippen LogP contribution in [0.25, 0.3) is 0 Å². The second-order valence-corrected chi connectivity index (χ2v) is 3.88. The van der Waals surface area contributed by atoms with Crippen LogP contribution in [-0.4, -0.2) is 6.54 Å². The molecule has 1 aromatic rings. The minimum absolute atomic E-state index is 0.334. The summed E-state index contributed by atoms with van der Waals surface area (Å²) in [4.78, 5) is 0. The Labute approximate surface area is 89.1 Å². The third-order valence-electron chi connectivity index (χ3n) is 2.35. The molecule has 0 spiro atoms. The summed E-state index contributed by atoms with van der Waals surface area (Å²) in [6, 6.07) is 5.34. The highest BCUT2D eigenvalue weighted by Gasteiger charge is 2.09. The summed E-state index contributed by atoms with van der Waals surface area (Å²) < 4.78 is 12.3. The van der Waals surface area contributed by atoms with E-state index in [1.165, 1.54) is 0 Å². The number of halogens is 2. The van der Waals surface area contributed by atoms with E-state index in [0.717, 1.165) is 12.0 Å². The van der Waals surface area contributed by atoms with Crippen molar-refractivity contribution in [1.29, 1.82) is 0 Å². The second kappa shape index (κ2) is 5.32. The first-order chi connectivity index (χ1) is 6.69. The molecule has 0 aliphatic carbocycles. The van der Waals surface area contributed by atoms with Crippen molar-refractivity contribution in [3.8, 4) is 0 Å². The first kappa shape index (κ1) is 11.5. The van der Waals surface area contributed by atoms with Gasteiger partial charge in [-0.3, -0.25) is 0 Å². The number of alkyl halides is 1. The van der Waals surface area contributed by atoms with Gasteiger partial charge in [0.25, 0.3) is 0 Å². The first-order valence-corrected chi connectivity index (χ1v) is 5.11. The molecule has 14 heavy (non-hydrogen) atoms. The molecule has 0 heterocycles. The summed E-state index contributed by atoms with van der Waals surface area (Å²) in [6.07, 6.45) is 0.898. The molecule has 2 N–H and O–H groups in total. The summed E-state index contributed by atoms with van der Waals surface area (Å²) in [5, 5.41) is 0.640. The van der Waals surface area contributed by atoms with Crippen LogP contribution in [0.15, 0.2) is 18.2 Å². The van der Waals surface area contributed by atoms with Crippen molar-refractivity contribution in [1.82, 2.24) is 0 Å². The summed E-state index contributed by atoms with van der Waals surface area (Å²) in [7, 11) is 0. The molecule has 0 saturated heterocycles. The highest BCUT2D eigenvalue weighted by atomic mass is 35.5. The van der Waals surface area contributed by atoms with Crippen molar-refractivity contribution in [2.75, 3.05) is 6.54 Å². The van der Waals surface area contributed by atoms with E-state index in [4.69, 9.17) is 17.3 Å². The summed E-state index contributed by atoms with van der Waals surface area (Å²) >= 11 is 6.03. The van der Waals surface area contributed by atoms with Gasteiger partial charge in [0.1, 0.15) is 6.67 Å². The molecule has 0 radical (unpaired) electrons. The molecule has 0 bridgehead atoms. The Kier molecular flexibility index (Phi) is 4.36. The molecule has 0 fully saturated rings. The lowest BCUT2D eigenvalue weighted by molar-refractivity contribution is 0.485. The van der Waals surface area contributed by atoms with Gasteiger partial charge in [-0.2, -0.15) is 0 Å². The van der Waals surface area contributed by atoms with Gasteiger partial charge in [0.2, 0.25) is 0 Å². The van der Waals surface area contributed by atoms with Gasteiger partial charge >= 0.3 is 0 Å². The van der Waals surface area contributed by atoms with Crippen LogP contribution in [0.2, 0.25) is 5.02 Å². The maximum absolute atomic E-state index is 12.3. The lowest BCUT2D eigenvalue weighted by atomic mass is 9.97. The lowest BCUT2D eigenvalue weighted by Crippen LogP contribution is -2.05. The number of hydrogen-bond donors (Lipinski definition) is 1. The average molecular weight is 216 g/mol. The summed E-state index contributed by atoms with van der Waals surface area (Å²) in [5.74, 6) is 0.334. The molecule has 0 aromatic heterocycles. The van der Waals surface area contributed by atoms with Crippen LogP contribution in [0.5, 0.6) is 0 Å². The molecule has 3 heteroatoms. The molecule has 0 saturated carbocycles. The number of hydrogen-bond acceptors (Lipinski definition) is 1. The fraction of sp³-hybridized carbons (Fsp3) is 0.455. The molecule has 1 unspecified atom stereocenters. The van der Waals surface area contributed by atoms with E-state index >= 15 is 0 Å². The van der Waals surface area contributed by atoms with Crippen molar-refractivity contribution in [3.63, 3.8) is 0 Å². The van der Waals surface area contributed by atoms with Crippen LogP contribution in [0.1, 0.15) is 30.4 Å². The second-order valence-electron chi connectivity index (χ2n) is 3.47. The van der Waals surface area contributed by atoms with Crippen LogP contribution in [-0.2, 0) is 6.67 Å². The van der Waals surface area contributed by atoms with E-state index < -0.39 is 6.67 Å². The van der Waals surface area contributed by atoms with Gasteiger partial charge in [-0.25, -0.2) is 4.39 Å². The fourth-order valence-electron chi connectivity index (χ4n) is 1.46. The minimum atomic E-state index is -0.467. The normalized spacial score (nSPS) is 12.9. The van der Waals surface area contributed by atoms with Crippen LogP contribution >= 0.6 is 11.6 Å². The predicted octanol–water partition coefficient (Wildman–Crippen LogP) is 3.26. The van der Waals surface area contributed by atoms with Gasteiger partial charge in [-0.1, -0.05) is 30.7 Å². The van der Waals surface area contributed by atoms with Crippen molar-refractivity contribution < 1.29 is 4.39 Å². The quantitative estimate of drug-likeness (QED) is 0.820. The van der Waals surface area contributed by atoms with Crippen LogP contribution in [0.3, 0.4) is 0 Å². The van der Waals surface area contributed by atoms with Gasteiger partial charge in [0.15, 0.2) is 0 Å². The van der Waals surface area contributed by atoms with E-state index in [-0.39, 0.29) is 0 Å². The Bertz CT molecular complexity index is 301. The Morgan fingerprint density at radius 2 is 2.21 bits per heavy atom. The highest BCUT2D eigenvalue weighted by molar-refractivity contribution is 6.31. The van der Waals surface area contributed by atoms with Crippen LogP contribution in [0, 0.1) is 0 Å². The molecule has 78 valence electrons. The van der Waals surface area contributed by atoms with Crippen molar-refractivity contribution in [2.24, 2.45) is 5.73 Å². The lowest BCUT2D eigenvalue weighted by Gasteiger charge is -2.12. The van der Waals surface area contributed by atoms with Gasteiger partial charge in [0.05, 0.1) is 0 Å². The SMILES string of the molecule is CC(CCN)c1ccc(CF)cc1Cl. The van der Waals surface area contributed by atoms with Gasteiger partial charge in [-0.05, 0) is 36.1 Å². The number of nitrogens with two attached hydrogens (primary N) is 1. The number of benzene rings is 1. The number of rotatable bonds is 4. The zero-order chi connectivity index (χ0) is 10.6. The zero-order valence-corrected chi connectivity index (χ0v) is 9.02. The smallest absolute Gasteiger partial charge is 0.115 e. The maximum atomic E-state index is 12.3. The Morgan fingerprint density at radius 3 is 2.71 bits per heavy atom. The molecule has 0 aliphatic heterocycles. The molecule has 1 atom stereocenters. The molecule has 0 aliphatic rings. The predicted molar refractivity (Wildman–Crippen MR) is 58.4 cm³/mol. The molecule has 0 amide bonds. The Balaban J connectivity index is 2.88. The zero-order valence-electron chi connectivity index (χ0n) is 8.26. The van der Waals surface area contributed by atoms with Crippen molar-refractivity contribution in [2.45, 2.75) is 25.9 Å². The third kappa shape index (κ3) is 2.69. The summed E-state index contributed by atoms with van der Waals surface area (Å²) in [6.45, 7) is 2.25. The van der Waals surface area contributed by atoms with Crippen molar-refractivity contribution >= 4 is 11.6 Å². The standard InChI is InChI=1S/C11H15ClFN/c1-8(4-5-14)10-3-2-9(7-13)6-11(10)12/h2-3,6,8H,4-5,7,14H2,1H3. The van der Waals surface area contributed by atoms with E-state index in [1.807, 2.05) is 6.07 Å². The molecule has 1 rings (SSSR count). The van der Waals surface area contributed by atoms with Crippen LogP contribution < -0.4 is 5.73 Å². The molecular weight excluding hydrogens is 201 g/mol. The topological polar surface area (TPSA) is 26.0 Å². The van der Waals surface area contributed by atoms with Gasteiger partial charge in [-0.15, -0.1) is 0 Å². The van der Waals surface area contributed by atoms with Gasteiger partial charge in [0, 0.05) is 5.02 Å². The molecule has 1 aromatic carbocycles. The summed E-state index contributed by atoms with van der Waals surface area (Å²) in [5.41, 5.74) is 7.14. The maximum Gasteiger partial charge on any atom is 0.115 e. The minimum Gasteiger partial charge on any atom is -0.330 e. The van der Waals surface area contributed by atoms with Gasteiger partial charge < -0.3 is 5.73 Å². The molecule has 1 nitrogen and oxygen atoms in total. The van der Waals surface area contributed by atoms with Crippen molar-refractivity contribution in [3.05, 3.63) is 34.3 Å². The van der Waals surface area contributed by atoms with Crippen LogP contribution in [0.4, 0.5) is 4.39 Å². The molecular formula is C11H15ClFN. The van der Waals surface area contributed by atoms with E-state index in [0.29, 0.717) is 23.0 Å². The Hall–Kier alpha value is -0.600. The Morgan fingerprint density at radius 1 is 1.50 bits per heavy atom. The monoisotopic (exact) mass is 215 g/mol. The fourth-order valence-corrected chi connectivity index (χ4v) is 1.85.